The van der Waals surface area contributed by atoms with Gasteiger partial charge in [-0.2, -0.15) is 0 Å². The van der Waals surface area contributed by atoms with E-state index in [0.717, 1.165) is 6.42 Å². The number of non-ortho nitro benzene ring substituents is 1. The standard InChI is InChI=1S/C11H12N2O4/c1-8-5-9(7-10(6-8)13(15)16)11(14)12-3-2-4-17-12/h5-7H,2-4H2,1H3. The summed E-state index contributed by atoms with van der Waals surface area (Å²) in [4.78, 5) is 27.3. The van der Waals surface area contributed by atoms with E-state index in [4.69, 9.17) is 4.84 Å². The van der Waals surface area contributed by atoms with E-state index in [2.05, 4.69) is 0 Å². The van der Waals surface area contributed by atoms with Crippen LogP contribution < -0.4 is 0 Å². The molecule has 1 amide bonds. The minimum Gasteiger partial charge on any atom is -0.271 e. The monoisotopic (exact) mass is 236 g/mol. The lowest BCUT2D eigenvalue weighted by Gasteiger charge is -2.13. The molecule has 0 spiro atoms. The molecule has 1 heterocycles. The highest BCUT2D eigenvalue weighted by Crippen LogP contribution is 2.19. The molecule has 0 saturated carbocycles. The van der Waals surface area contributed by atoms with E-state index < -0.39 is 4.92 Å². The SMILES string of the molecule is Cc1cc(C(=O)N2CCCO2)cc([N+](=O)[O-])c1. The molecule has 1 saturated heterocycles. The van der Waals surface area contributed by atoms with Gasteiger partial charge in [0, 0.05) is 17.7 Å². The van der Waals surface area contributed by atoms with Crippen molar-refractivity contribution in [3.63, 3.8) is 0 Å². The van der Waals surface area contributed by atoms with Crippen LogP contribution in [0.1, 0.15) is 22.3 Å². The summed E-state index contributed by atoms with van der Waals surface area (Å²) >= 11 is 0. The van der Waals surface area contributed by atoms with E-state index in [1.54, 1.807) is 13.0 Å². The second-order valence-electron chi connectivity index (χ2n) is 3.91. The molecule has 90 valence electrons. The molecular weight excluding hydrogens is 224 g/mol. The van der Waals surface area contributed by atoms with Crippen LogP contribution in [0.5, 0.6) is 0 Å². The van der Waals surface area contributed by atoms with Gasteiger partial charge in [0.1, 0.15) is 0 Å². The van der Waals surface area contributed by atoms with Crippen molar-refractivity contribution in [3.8, 4) is 0 Å². The van der Waals surface area contributed by atoms with E-state index in [1.807, 2.05) is 0 Å². The molecule has 6 heteroatoms. The van der Waals surface area contributed by atoms with Crippen LogP contribution in [-0.2, 0) is 4.84 Å². The third-order valence-electron chi connectivity index (χ3n) is 2.50. The van der Waals surface area contributed by atoms with Gasteiger partial charge in [-0.05, 0) is 25.0 Å². The Morgan fingerprint density at radius 2 is 2.24 bits per heavy atom. The molecule has 0 aliphatic carbocycles. The molecule has 0 bridgehead atoms. The predicted octanol–water partition coefficient (Wildman–Crippen LogP) is 1.68. The second-order valence-corrected chi connectivity index (χ2v) is 3.91. The number of hydroxylamine groups is 2. The number of carbonyl (C=O) groups is 1. The van der Waals surface area contributed by atoms with Crippen LogP contribution in [0.25, 0.3) is 0 Å². The number of amides is 1. The van der Waals surface area contributed by atoms with Crippen LogP contribution in [-0.4, -0.2) is 29.0 Å². The highest BCUT2D eigenvalue weighted by molar-refractivity contribution is 5.94. The Balaban J connectivity index is 2.31. The summed E-state index contributed by atoms with van der Waals surface area (Å²) in [6.45, 7) is 2.76. The zero-order valence-electron chi connectivity index (χ0n) is 9.38. The summed E-state index contributed by atoms with van der Waals surface area (Å²) in [5, 5.41) is 11.9. The zero-order chi connectivity index (χ0) is 12.4. The number of nitro groups is 1. The molecule has 2 rings (SSSR count). The van der Waals surface area contributed by atoms with Crippen LogP contribution in [0.3, 0.4) is 0 Å². The van der Waals surface area contributed by atoms with Crippen LogP contribution in [0.2, 0.25) is 0 Å². The maximum Gasteiger partial charge on any atom is 0.277 e. The number of hydrogen-bond donors (Lipinski definition) is 0. The maximum atomic E-state index is 12.0. The minimum atomic E-state index is -0.505. The molecule has 1 fully saturated rings. The lowest BCUT2D eigenvalue weighted by atomic mass is 10.1. The van der Waals surface area contributed by atoms with Gasteiger partial charge in [-0.1, -0.05) is 0 Å². The molecular formula is C11H12N2O4. The van der Waals surface area contributed by atoms with Gasteiger partial charge in [-0.25, -0.2) is 5.06 Å². The number of nitro benzene ring substituents is 1. The molecule has 0 radical (unpaired) electrons. The fraction of sp³-hybridized carbons (Fsp3) is 0.364. The van der Waals surface area contributed by atoms with Crippen LogP contribution in [0.4, 0.5) is 5.69 Å². The maximum absolute atomic E-state index is 12.0. The van der Waals surface area contributed by atoms with Crippen molar-refractivity contribution in [1.82, 2.24) is 5.06 Å². The first-order chi connectivity index (χ1) is 8.08. The Morgan fingerprint density at radius 3 is 2.82 bits per heavy atom. The van der Waals surface area contributed by atoms with Crippen LogP contribution >= 0.6 is 0 Å². The predicted molar refractivity (Wildman–Crippen MR) is 59.4 cm³/mol. The van der Waals surface area contributed by atoms with Gasteiger partial charge in [-0.15, -0.1) is 0 Å². The smallest absolute Gasteiger partial charge is 0.271 e. The number of nitrogens with zero attached hydrogens (tertiary/aromatic N) is 2. The van der Waals surface area contributed by atoms with Crippen molar-refractivity contribution >= 4 is 11.6 Å². The largest absolute Gasteiger partial charge is 0.277 e. The van der Waals surface area contributed by atoms with E-state index in [1.165, 1.54) is 17.2 Å². The number of benzene rings is 1. The number of rotatable bonds is 2. The number of hydrogen-bond acceptors (Lipinski definition) is 4. The quantitative estimate of drug-likeness (QED) is 0.578. The van der Waals surface area contributed by atoms with E-state index >= 15 is 0 Å². The topological polar surface area (TPSA) is 72.7 Å². The summed E-state index contributed by atoms with van der Waals surface area (Å²) < 4.78 is 0. The Kier molecular flexibility index (Phi) is 3.06. The first-order valence-electron chi connectivity index (χ1n) is 5.29. The van der Waals surface area contributed by atoms with Crippen LogP contribution in [0.15, 0.2) is 18.2 Å². The molecule has 0 aromatic heterocycles. The Morgan fingerprint density at radius 1 is 1.47 bits per heavy atom. The summed E-state index contributed by atoms with van der Waals surface area (Å²) in [5.41, 5.74) is 0.896. The van der Waals surface area contributed by atoms with Gasteiger partial charge >= 0.3 is 0 Å². The lowest BCUT2D eigenvalue weighted by molar-refractivity contribution is -0.384. The van der Waals surface area contributed by atoms with Crippen molar-refractivity contribution in [2.45, 2.75) is 13.3 Å². The molecule has 0 N–H and O–H groups in total. The van der Waals surface area contributed by atoms with E-state index in [9.17, 15) is 14.9 Å². The van der Waals surface area contributed by atoms with Crippen molar-refractivity contribution in [3.05, 3.63) is 39.4 Å². The van der Waals surface area contributed by atoms with Crippen LogP contribution in [0, 0.1) is 17.0 Å². The first-order valence-corrected chi connectivity index (χ1v) is 5.29. The number of carbonyl (C=O) groups excluding carboxylic acids is 1. The summed E-state index contributed by atoms with van der Waals surface area (Å²) in [5.74, 6) is -0.325. The van der Waals surface area contributed by atoms with Gasteiger partial charge in [-0.3, -0.25) is 19.7 Å². The highest BCUT2D eigenvalue weighted by Gasteiger charge is 2.22. The number of aryl methyl sites for hydroxylation is 1. The van der Waals surface area contributed by atoms with E-state index in [-0.39, 0.29) is 11.6 Å². The van der Waals surface area contributed by atoms with Gasteiger partial charge in [0.15, 0.2) is 0 Å². The minimum absolute atomic E-state index is 0.0763. The average Bonchev–Trinajstić information content (AvgIpc) is 2.80. The van der Waals surface area contributed by atoms with Crippen molar-refractivity contribution in [2.75, 3.05) is 13.2 Å². The summed E-state index contributed by atoms with van der Waals surface area (Å²) in [7, 11) is 0. The molecule has 1 aromatic carbocycles. The molecule has 17 heavy (non-hydrogen) atoms. The fourth-order valence-electron chi connectivity index (χ4n) is 1.74. The Hall–Kier alpha value is -1.95. The highest BCUT2D eigenvalue weighted by atomic mass is 16.7. The fourth-order valence-corrected chi connectivity index (χ4v) is 1.74. The summed E-state index contributed by atoms with van der Waals surface area (Å²) in [6, 6.07) is 4.33. The molecule has 0 atom stereocenters. The van der Waals surface area contributed by atoms with Gasteiger partial charge in [0.2, 0.25) is 0 Å². The molecule has 1 aliphatic heterocycles. The lowest BCUT2D eigenvalue weighted by Crippen LogP contribution is -2.26. The van der Waals surface area contributed by atoms with Crippen molar-refractivity contribution < 1.29 is 14.6 Å². The zero-order valence-corrected chi connectivity index (χ0v) is 9.38. The second kappa shape index (κ2) is 4.50. The molecule has 0 unspecified atom stereocenters. The van der Waals surface area contributed by atoms with Crippen molar-refractivity contribution in [1.29, 1.82) is 0 Å². The van der Waals surface area contributed by atoms with Crippen molar-refractivity contribution in [2.24, 2.45) is 0 Å². The average molecular weight is 236 g/mol. The Labute approximate surface area is 97.9 Å². The first kappa shape index (κ1) is 11.5. The third kappa shape index (κ3) is 2.42. The summed E-state index contributed by atoms with van der Waals surface area (Å²) in [6.07, 6.45) is 0.791. The van der Waals surface area contributed by atoms with Gasteiger partial charge in [0.25, 0.3) is 11.6 Å². The normalized spacial score (nSPS) is 15.0. The molecule has 1 aromatic rings. The van der Waals surface area contributed by atoms with E-state index in [0.29, 0.717) is 24.3 Å². The Bertz CT molecular complexity index is 467. The van der Waals surface area contributed by atoms with Gasteiger partial charge in [0.05, 0.1) is 18.1 Å². The van der Waals surface area contributed by atoms with Gasteiger partial charge < -0.3 is 0 Å². The third-order valence-corrected chi connectivity index (χ3v) is 2.50. The molecule has 6 nitrogen and oxygen atoms in total. The molecule has 1 aliphatic rings.